The number of carbonyl (C=O) groups excluding carboxylic acids is 2. The molecule has 0 aliphatic heterocycles. The monoisotopic (exact) mass is 438 g/mol. The maximum atomic E-state index is 13.1. The smallest absolute Gasteiger partial charge is 0.251 e. The van der Waals surface area contributed by atoms with Gasteiger partial charge in [-0.25, -0.2) is 13.4 Å². The van der Waals surface area contributed by atoms with Gasteiger partial charge in [-0.05, 0) is 61.7 Å². The third kappa shape index (κ3) is 4.22. The summed E-state index contributed by atoms with van der Waals surface area (Å²) in [5, 5.41) is 2.95. The molecule has 3 N–H and O–H groups in total. The van der Waals surface area contributed by atoms with Crippen LogP contribution in [-0.4, -0.2) is 42.0 Å². The minimum Gasteiger partial charge on any atom is -0.383 e. The molecule has 4 rings (SSSR count). The average Bonchev–Trinajstić information content (AvgIpc) is 3.46. The number of rotatable bonds is 6. The number of carbonyl (C=O) groups is 2. The van der Waals surface area contributed by atoms with Crippen molar-refractivity contribution in [3.63, 3.8) is 0 Å². The fourth-order valence-corrected chi connectivity index (χ4v) is 3.88. The zero-order chi connectivity index (χ0) is 22.3. The number of nitrogens with two attached hydrogens (primary N) is 1. The zero-order valence-corrected chi connectivity index (χ0v) is 17.9. The summed E-state index contributed by atoms with van der Waals surface area (Å²) in [5.74, 6) is -0.262. The summed E-state index contributed by atoms with van der Waals surface area (Å²) in [6.45, 7) is 1.85. The summed E-state index contributed by atoms with van der Waals surface area (Å²) in [6.07, 6.45) is 4.45. The van der Waals surface area contributed by atoms with E-state index in [0.717, 1.165) is 24.7 Å². The van der Waals surface area contributed by atoms with Crippen molar-refractivity contribution < 1.29 is 18.0 Å². The van der Waals surface area contributed by atoms with Crippen LogP contribution in [0.2, 0.25) is 0 Å². The van der Waals surface area contributed by atoms with Crippen LogP contribution in [0.5, 0.6) is 0 Å². The number of benzene rings is 2. The molecule has 0 saturated heterocycles. The van der Waals surface area contributed by atoms with Crippen LogP contribution in [0.1, 0.15) is 44.9 Å². The van der Waals surface area contributed by atoms with Gasteiger partial charge in [0.05, 0.1) is 16.8 Å². The van der Waals surface area contributed by atoms with E-state index in [2.05, 4.69) is 10.3 Å². The second kappa shape index (κ2) is 7.66. The predicted octanol–water partition coefficient (Wildman–Crippen LogP) is 2.29. The Hall–Kier alpha value is -3.46. The van der Waals surface area contributed by atoms with Crippen molar-refractivity contribution in [3.05, 3.63) is 71.2 Å². The molecule has 0 unspecified atom stereocenters. The largest absolute Gasteiger partial charge is 0.383 e. The summed E-state index contributed by atoms with van der Waals surface area (Å²) < 4.78 is 24.9. The maximum Gasteiger partial charge on any atom is 0.251 e. The van der Waals surface area contributed by atoms with Gasteiger partial charge in [0, 0.05) is 23.4 Å². The van der Waals surface area contributed by atoms with Gasteiger partial charge in [-0.2, -0.15) is 0 Å². The lowest BCUT2D eigenvalue weighted by Gasteiger charge is -2.14. The zero-order valence-electron chi connectivity index (χ0n) is 17.1. The first kappa shape index (κ1) is 20.8. The van der Waals surface area contributed by atoms with Crippen molar-refractivity contribution in [2.45, 2.75) is 30.7 Å². The summed E-state index contributed by atoms with van der Waals surface area (Å²) in [5.41, 5.74) is 8.26. The van der Waals surface area contributed by atoms with E-state index in [0.29, 0.717) is 11.3 Å². The van der Waals surface area contributed by atoms with E-state index in [1.165, 1.54) is 35.0 Å². The Kier molecular flexibility index (Phi) is 5.14. The van der Waals surface area contributed by atoms with Gasteiger partial charge in [-0.15, -0.1) is 0 Å². The van der Waals surface area contributed by atoms with E-state index in [4.69, 9.17) is 5.73 Å². The van der Waals surface area contributed by atoms with Crippen LogP contribution in [0.4, 0.5) is 5.82 Å². The Bertz CT molecular complexity index is 1290. The van der Waals surface area contributed by atoms with Crippen molar-refractivity contribution in [1.82, 2.24) is 14.9 Å². The molecular formula is C22H22N4O4S. The molecule has 1 saturated carbocycles. The van der Waals surface area contributed by atoms with Gasteiger partial charge in [0.15, 0.2) is 15.7 Å². The lowest BCUT2D eigenvalue weighted by atomic mass is 10.1. The first-order valence-electron chi connectivity index (χ1n) is 9.75. The Morgan fingerprint density at radius 2 is 1.74 bits per heavy atom. The summed E-state index contributed by atoms with van der Waals surface area (Å²) >= 11 is 0. The number of aryl methyl sites for hydroxylation is 1. The number of imidazole rings is 1. The van der Waals surface area contributed by atoms with E-state index >= 15 is 0 Å². The molecule has 8 nitrogen and oxygen atoms in total. The maximum absolute atomic E-state index is 13.1. The van der Waals surface area contributed by atoms with Gasteiger partial charge in [0.1, 0.15) is 5.82 Å². The van der Waals surface area contributed by atoms with E-state index in [9.17, 15) is 18.0 Å². The van der Waals surface area contributed by atoms with Crippen LogP contribution < -0.4 is 11.1 Å². The molecule has 9 heteroatoms. The Morgan fingerprint density at radius 3 is 2.35 bits per heavy atom. The fraction of sp³-hybridized carbons (Fsp3) is 0.227. The minimum atomic E-state index is -3.37. The van der Waals surface area contributed by atoms with Gasteiger partial charge >= 0.3 is 0 Å². The van der Waals surface area contributed by atoms with Crippen molar-refractivity contribution in [1.29, 1.82) is 0 Å². The van der Waals surface area contributed by atoms with E-state index in [1.54, 1.807) is 18.2 Å². The van der Waals surface area contributed by atoms with Gasteiger partial charge < -0.3 is 11.1 Å². The number of nitrogens with one attached hydrogen (secondary N) is 1. The lowest BCUT2D eigenvalue weighted by Crippen LogP contribution is -2.25. The molecule has 1 amide bonds. The number of aromatic nitrogens is 2. The van der Waals surface area contributed by atoms with E-state index in [1.807, 2.05) is 6.92 Å². The van der Waals surface area contributed by atoms with Gasteiger partial charge in [0.25, 0.3) is 5.91 Å². The van der Waals surface area contributed by atoms with Crippen molar-refractivity contribution in [2.75, 3.05) is 12.0 Å². The fourth-order valence-electron chi connectivity index (χ4n) is 3.25. The number of nitrogens with zero attached hydrogens (tertiary/aromatic N) is 2. The second-order valence-electron chi connectivity index (χ2n) is 7.72. The number of nitrogen functional groups attached to an aromatic ring is 1. The molecule has 1 aliphatic rings. The molecule has 1 fully saturated rings. The normalized spacial score (nSPS) is 13.7. The van der Waals surface area contributed by atoms with Crippen LogP contribution >= 0.6 is 0 Å². The Balaban J connectivity index is 1.72. The summed E-state index contributed by atoms with van der Waals surface area (Å²) in [4.78, 5) is 29.9. The highest BCUT2D eigenvalue weighted by atomic mass is 32.2. The molecule has 31 heavy (non-hydrogen) atoms. The number of amides is 1. The molecule has 160 valence electrons. The lowest BCUT2D eigenvalue weighted by molar-refractivity contribution is 0.0950. The van der Waals surface area contributed by atoms with E-state index < -0.39 is 15.6 Å². The van der Waals surface area contributed by atoms with Gasteiger partial charge in [-0.1, -0.05) is 6.07 Å². The third-order valence-electron chi connectivity index (χ3n) is 5.16. The number of anilines is 1. The molecule has 0 bridgehead atoms. The highest BCUT2D eigenvalue weighted by Gasteiger charge is 2.25. The topological polar surface area (TPSA) is 124 Å². The minimum absolute atomic E-state index is 0.0763. The molecule has 1 heterocycles. The summed E-state index contributed by atoms with van der Waals surface area (Å²) in [7, 11) is -3.37. The molecule has 1 aromatic heterocycles. The SMILES string of the molecule is Cc1ccc(C(=O)NC2CC2)cc1-n1c(N)cnc1C(=O)c1ccc(S(C)(=O)=O)cc1. The van der Waals surface area contributed by atoms with Crippen LogP contribution in [0, 0.1) is 6.92 Å². The molecule has 0 radical (unpaired) electrons. The first-order chi connectivity index (χ1) is 14.6. The third-order valence-corrected chi connectivity index (χ3v) is 6.29. The quantitative estimate of drug-likeness (QED) is 0.569. The first-order valence-corrected chi connectivity index (χ1v) is 11.6. The van der Waals surface area contributed by atoms with Crippen molar-refractivity contribution in [2.24, 2.45) is 0 Å². The Labute approximate surface area is 180 Å². The summed E-state index contributed by atoms with van der Waals surface area (Å²) in [6, 6.07) is 11.1. The predicted molar refractivity (Wildman–Crippen MR) is 116 cm³/mol. The molecular weight excluding hydrogens is 416 g/mol. The molecule has 3 aromatic rings. The molecule has 1 aliphatic carbocycles. The van der Waals surface area contributed by atoms with Crippen LogP contribution in [0.15, 0.2) is 53.6 Å². The van der Waals surface area contributed by atoms with E-state index in [-0.39, 0.29) is 34.1 Å². The second-order valence-corrected chi connectivity index (χ2v) is 9.73. The van der Waals surface area contributed by atoms with Crippen LogP contribution in [0.3, 0.4) is 0 Å². The highest BCUT2D eigenvalue weighted by molar-refractivity contribution is 7.90. The number of hydrogen-bond donors (Lipinski definition) is 2. The van der Waals surface area contributed by atoms with Gasteiger partial charge in [0.2, 0.25) is 5.78 Å². The number of hydrogen-bond acceptors (Lipinski definition) is 6. The number of ketones is 1. The standard InChI is InChI=1S/C22H22N4O4S/c1-13-3-4-15(22(28)25-16-7-8-16)11-18(13)26-19(23)12-24-21(26)20(27)14-5-9-17(10-6-14)31(2,29)30/h3-6,9-12,16H,7-8,23H2,1-2H3,(H,25,28). The Morgan fingerprint density at radius 1 is 1.10 bits per heavy atom. The van der Waals surface area contributed by atoms with Crippen molar-refractivity contribution in [3.8, 4) is 5.69 Å². The molecule has 0 spiro atoms. The van der Waals surface area contributed by atoms with Crippen LogP contribution in [-0.2, 0) is 9.84 Å². The van der Waals surface area contributed by atoms with Crippen molar-refractivity contribution >= 4 is 27.3 Å². The average molecular weight is 439 g/mol. The van der Waals surface area contributed by atoms with Gasteiger partial charge in [-0.3, -0.25) is 14.2 Å². The molecule has 2 aromatic carbocycles. The molecule has 0 atom stereocenters. The highest BCUT2D eigenvalue weighted by Crippen LogP contribution is 2.25. The number of sulfone groups is 1. The van der Waals surface area contributed by atoms with Crippen LogP contribution in [0.25, 0.3) is 5.69 Å².